The van der Waals surface area contributed by atoms with E-state index in [1.54, 1.807) is 4.90 Å². The van der Waals surface area contributed by atoms with Gasteiger partial charge in [0, 0.05) is 32.0 Å². The first-order chi connectivity index (χ1) is 11.3. The van der Waals surface area contributed by atoms with Crippen molar-refractivity contribution < 1.29 is 23.5 Å². The molecule has 2 rings (SSSR count). The standard InChI is InChI=1S/C17H23FN2O4/c1-17(2,3)24-16(22)20-8-6-13(7-9-20)23-15-5-4-12(18)10-14(15)19-11-21/h4-5,10-11,13H,6-9H2,1-3H3,(H,19,21). The third-order valence-electron chi connectivity index (χ3n) is 3.54. The Bertz CT molecular complexity index is 593. The average Bonchev–Trinajstić information content (AvgIpc) is 2.49. The molecule has 1 aliphatic rings. The van der Waals surface area contributed by atoms with Gasteiger partial charge in [-0.15, -0.1) is 0 Å². The molecular weight excluding hydrogens is 315 g/mol. The summed E-state index contributed by atoms with van der Waals surface area (Å²) in [6, 6.07) is 3.97. The highest BCUT2D eigenvalue weighted by molar-refractivity contribution is 5.75. The van der Waals surface area contributed by atoms with Crippen LogP contribution in [0.4, 0.5) is 14.9 Å². The summed E-state index contributed by atoms with van der Waals surface area (Å²) < 4.78 is 24.5. The van der Waals surface area contributed by atoms with Crippen LogP contribution >= 0.6 is 0 Å². The number of carbonyl (C=O) groups excluding carboxylic acids is 2. The van der Waals surface area contributed by atoms with Crippen LogP contribution in [0.25, 0.3) is 0 Å². The van der Waals surface area contributed by atoms with Gasteiger partial charge in [-0.25, -0.2) is 9.18 Å². The van der Waals surface area contributed by atoms with E-state index >= 15 is 0 Å². The van der Waals surface area contributed by atoms with Crippen LogP contribution in [0, 0.1) is 5.82 Å². The summed E-state index contributed by atoms with van der Waals surface area (Å²) in [4.78, 5) is 24.3. The lowest BCUT2D eigenvalue weighted by atomic mass is 10.1. The van der Waals surface area contributed by atoms with Crippen LogP contribution in [0.5, 0.6) is 5.75 Å². The molecule has 0 radical (unpaired) electrons. The molecule has 1 N–H and O–H groups in total. The second-order valence-electron chi connectivity index (χ2n) is 6.69. The first-order valence-electron chi connectivity index (χ1n) is 7.93. The Hall–Kier alpha value is -2.31. The molecule has 2 amide bonds. The summed E-state index contributed by atoms with van der Waals surface area (Å²) >= 11 is 0. The summed E-state index contributed by atoms with van der Waals surface area (Å²) in [6.07, 6.45) is 1.31. The molecule has 7 heteroatoms. The van der Waals surface area contributed by atoms with Crippen LogP contribution in [0.2, 0.25) is 0 Å². The number of piperidine rings is 1. The lowest BCUT2D eigenvalue weighted by molar-refractivity contribution is -0.105. The van der Waals surface area contributed by atoms with Gasteiger partial charge >= 0.3 is 6.09 Å². The number of rotatable bonds is 4. The monoisotopic (exact) mass is 338 g/mol. The van der Waals surface area contributed by atoms with Gasteiger partial charge in [-0.2, -0.15) is 0 Å². The lowest BCUT2D eigenvalue weighted by Gasteiger charge is -2.33. The van der Waals surface area contributed by atoms with E-state index in [9.17, 15) is 14.0 Å². The zero-order valence-electron chi connectivity index (χ0n) is 14.2. The molecule has 0 saturated carbocycles. The largest absolute Gasteiger partial charge is 0.488 e. The Kier molecular flexibility index (Phi) is 5.64. The quantitative estimate of drug-likeness (QED) is 0.856. The van der Waals surface area contributed by atoms with Crippen molar-refractivity contribution in [3.8, 4) is 5.75 Å². The van der Waals surface area contributed by atoms with Crippen LogP contribution in [-0.2, 0) is 9.53 Å². The van der Waals surface area contributed by atoms with Gasteiger partial charge < -0.3 is 19.7 Å². The van der Waals surface area contributed by atoms with E-state index in [0.29, 0.717) is 43.8 Å². The molecule has 1 aliphatic heterocycles. The first kappa shape index (κ1) is 18.0. The minimum Gasteiger partial charge on any atom is -0.488 e. The van der Waals surface area contributed by atoms with Crippen molar-refractivity contribution in [3.05, 3.63) is 24.0 Å². The molecule has 1 aromatic carbocycles. The molecule has 0 aliphatic carbocycles. The molecule has 0 atom stereocenters. The van der Waals surface area contributed by atoms with Gasteiger partial charge in [-0.05, 0) is 32.9 Å². The van der Waals surface area contributed by atoms with E-state index in [1.165, 1.54) is 18.2 Å². The summed E-state index contributed by atoms with van der Waals surface area (Å²) in [7, 11) is 0. The fourth-order valence-electron chi connectivity index (χ4n) is 2.44. The van der Waals surface area contributed by atoms with E-state index < -0.39 is 11.4 Å². The maximum absolute atomic E-state index is 13.3. The fourth-order valence-corrected chi connectivity index (χ4v) is 2.44. The summed E-state index contributed by atoms with van der Waals surface area (Å²) in [6.45, 7) is 6.54. The molecule has 1 heterocycles. The number of hydrogen-bond donors (Lipinski definition) is 1. The van der Waals surface area contributed by atoms with Crippen LogP contribution < -0.4 is 10.1 Å². The fraction of sp³-hybridized carbons (Fsp3) is 0.529. The topological polar surface area (TPSA) is 67.9 Å². The zero-order valence-corrected chi connectivity index (χ0v) is 14.2. The average molecular weight is 338 g/mol. The highest BCUT2D eigenvalue weighted by Gasteiger charge is 2.28. The molecule has 1 saturated heterocycles. The minimum absolute atomic E-state index is 0.110. The summed E-state index contributed by atoms with van der Waals surface area (Å²) in [5.41, 5.74) is -0.229. The van der Waals surface area contributed by atoms with Gasteiger partial charge in [-0.3, -0.25) is 4.79 Å². The number of nitrogens with one attached hydrogen (secondary N) is 1. The minimum atomic E-state index is -0.520. The van der Waals surface area contributed by atoms with Crippen molar-refractivity contribution >= 4 is 18.2 Å². The molecule has 6 nitrogen and oxygen atoms in total. The maximum Gasteiger partial charge on any atom is 0.410 e. The predicted molar refractivity (Wildman–Crippen MR) is 87.5 cm³/mol. The highest BCUT2D eigenvalue weighted by Crippen LogP contribution is 2.28. The van der Waals surface area contributed by atoms with Gasteiger partial charge in [0.05, 0.1) is 5.69 Å². The number of benzene rings is 1. The van der Waals surface area contributed by atoms with E-state index in [2.05, 4.69) is 5.32 Å². The Morgan fingerprint density at radius 3 is 2.58 bits per heavy atom. The number of amides is 2. The summed E-state index contributed by atoms with van der Waals surface area (Å²) in [5, 5.41) is 2.43. The van der Waals surface area contributed by atoms with Crippen molar-refractivity contribution in [2.75, 3.05) is 18.4 Å². The number of halogens is 1. The van der Waals surface area contributed by atoms with Crippen molar-refractivity contribution in [3.63, 3.8) is 0 Å². The number of anilines is 1. The van der Waals surface area contributed by atoms with Gasteiger partial charge in [-0.1, -0.05) is 0 Å². The summed E-state index contributed by atoms with van der Waals surface area (Å²) in [5.74, 6) is -0.0364. The van der Waals surface area contributed by atoms with Crippen molar-refractivity contribution in [2.45, 2.75) is 45.3 Å². The number of ether oxygens (including phenoxy) is 2. The van der Waals surface area contributed by atoms with Gasteiger partial charge in [0.2, 0.25) is 6.41 Å². The van der Waals surface area contributed by atoms with Crippen LogP contribution in [0.15, 0.2) is 18.2 Å². The van der Waals surface area contributed by atoms with Crippen molar-refractivity contribution in [1.82, 2.24) is 4.90 Å². The molecule has 1 aromatic rings. The lowest BCUT2D eigenvalue weighted by Crippen LogP contribution is -2.44. The number of hydrogen-bond acceptors (Lipinski definition) is 4. The maximum atomic E-state index is 13.3. The van der Waals surface area contributed by atoms with E-state index in [-0.39, 0.29) is 12.2 Å². The van der Waals surface area contributed by atoms with E-state index in [0.717, 1.165) is 0 Å². The highest BCUT2D eigenvalue weighted by atomic mass is 19.1. The number of likely N-dealkylation sites (tertiary alicyclic amines) is 1. The molecule has 0 bridgehead atoms. The Labute approximate surface area is 140 Å². The SMILES string of the molecule is CC(C)(C)OC(=O)N1CCC(Oc2ccc(F)cc2NC=O)CC1. The molecular formula is C17H23FN2O4. The second kappa shape index (κ2) is 7.51. The normalized spacial score (nSPS) is 15.8. The van der Waals surface area contributed by atoms with Crippen molar-refractivity contribution in [2.24, 2.45) is 0 Å². The number of carbonyl (C=O) groups is 2. The second-order valence-corrected chi connectivity index (χ2v) is 6.69. The predicted octanol–water partition coefficient (Wildman–Crippen LogP) is 3.17. The third kappa shape index (κ3) is 5.11. The van der Waals surface area contributed by atoms with Crippen LogP contribution in [0.1, 0.15) is 33.6 Å². The number of nitrogens with zero attached hydrogens (tertiary/aromatic N) is 1. The van der Waals surface area contributed by atoms with Crippen LogP contribution in [0.3, 0.4) is 0 Å². The van der Waals surface area contributed by atoms with E-state index in [4.69, 9.17) is 9.47 Å². The van der Waals surface area contributed by atoms with E-state index in [1.807, 2.05) is 20.8 Å². The molecule has 0 aromatic heterocycles. The smallest absolute Gasteiger partial charge is 0.410 e. The third-order valence-corrected chi connectivity index (χ3v) is 3.54. The Morgan fingerprint density at radius 2 is 2.00 bits per heavy atom. The Balaban J connectivity index is 1.92. The zero-order chi connectivity index (χ0) is 17.7. The van der Waals surface area contributed by atoms with Gasteiger partial charge in [0.25, 0.3) is 0 Å². The van der Waals surface area contributed by atoms with Crippen molar-refractivity contribution in [1.29, 1.82) is 0 Å². The van der Waals surface area contributed by atoms with Crippen LogP contribution in [-0.4, -0.2) is 42.2 Å². The molecule has 0 spiro atoms. The van der Waals surface area contributed by atoms with Gasteiger partial charge in [0.1, 0.15) is 23.3 Å². The molecule has 0 unspecified atom stereocenters. The first-order valence-corrected chi connectivity index (χ1v) is 7.93. The molecule has 24 heavy (non-hydrogen) atoms. The Morgan fingerprint density at radius 1 is 1.33 bits per heavy atom. The molecule has 132 valence electrons. The van der Waals surface area contributed by atoms with Gasteiger partial charge in [0.15, 0.2) is 0 Å². The molecule has 1 fully saturated rings.